The number of carbonyl (C=O) groups is 2. The van der Waals surface area contributed by atoms with Crippen LogP contribution in [0.2, 0.25) is 0 Å². The van der Waals surface area contributed by atoms with Crippen LogP contribution in [-0.4, -0.2) is 40.0 Å². The minimum Gasteiger partial charge on any atom is -0.452 e. The lowest BCUT2D eigenvalue weighted by Crippen LogP contribution is -2.29. The third-order valence-corrected chi connectivity index (χ3v) is 3.98. The summed E-state index contributed by atoms with van der Waals surface area (Å²) < 4.78 is 30.8. The van der Waals surface area contributed by atoms with Gasteiger partial charge in [-0.1, -0.05) is 12.0 Å². The monoisotopic (exact) mass is 336 g/mol. The zero-order valence-corrected chi connectivity index (χ0v) is 13.1. The minimum absolute atomic E-state index is 0.00247. The van der Waals surface area contributed by atoms with Crippen molar-refractivity contribution in [2.24, 2.45) is 0 Å². The third-order valence-electron chi connectivity index (χ3n) is 2.54. The fourth-order valence-electron chi connectivity index (χ4n) is 1.44. The first-order valence-electron chi connectivity index (χ1n) is 6.48. The van der Waals surface area contributed by atoms with E-state index in [-0.39, 0.29) is 23.5 Å². The van der Waals surface area contributed by atoms with Crippen LogP contribution < -0.4 is 10.0 Å². The van der Waals surface area contributed by atoms with E-state index in [0.29, 0.717) is 0 Å². The molecule has 122 valence electrons. The van der Waals surface area contributed by atoms with Gasteiger partial charge in [0.1, 0.15) is 0 Å². The molecule has 0 fully saturated rings. The van der Waals surface area contributed by atoms with Crippen LogP contribution in [-0.2, 0) is 19.6 Å². The molecule has 1 amide bonds. The van der Waals surface area contributed by atoms with Gasteiger partial charge in [-0.05, 0) is 24.3 Å². The van der Waals surface area contributed by atoms with Gasteiger partial charge in [0.25, 0.3) is 5.91 Å². The fourth-order valence-corrected chi connectivity index (χ4v) is 2.44. The highest BCUT2D eigenvalue weighted by Gasteiger charge is 2.15. The van der Waals surface area contributed by atoms with Crippen LogP contribution in [0, 0.1) is 12.3 Å². The van der Waals surface area contributed by atoms with Crippen LogP contribution in [0.5, 0.6) is 0 Å². The standard InChI is InChI=1S/C15H16N2O5S/c1-3-9-16-14(18)11-22-15(19)12-5-7-13(8-6-12)23(20,21)17-10-4-2/h1,4-8,17H,2,9-11H2,(H,16,18). The molecule has 1 aromatic carbocycles. The second-order valence-corrected chi connectivity index (χ2v) is 5.99. The van der Waals surface area contributed by atoms with Crippen molar-refractivity contribution in [3.63, 3.8) is 0 Å². The number of amides is 1. The number of sulfonamides is 1. The van der Waals surface area contributed by atoms with Crippen molar-refractivity contribution < 1.29 is 22.7 Å². The predicted octanol–water partition coefficient (Wildman–Crippen LogP) is 0.0571. The van der Waals surface area contributed by atoms with Gasteiger partial charge in [-0.3, -0.25) is 4.79 Å². The highest BCUT2D eigenvalue weighted by atomic mass is 32.2. The van der Waals surface area contributed by atoms with Gasteiger partial charge in [0.05, 0.1) is 17.0 Å². The second kappa shape index (κ2) is 8.73. The largest absolute Gasteiger partial charge is 0.452 e. The lowest BCUT2D eigenvalue weighted by molar-refractivity contribution is -0.123. The van der Waals surface area contributed by atoms with E-state index in [1.165, 1.54) is 30.3 Å². The van der Waals surface area contributed by atoms with Crippen LogP contribution in [0.3, 0.4) is 0 Å². The first-order valence-corrected chi connectivity index (χ1v) is 7.97. The number of hydrogen-bond donors (Lipinski definition) is 2. The van der Waals surface area contributed by atoms with Gasteiger partial charge in [0.2, 0.25) is 10.0 Å². The number of terminal acetylenes is 1. The summed E-state index contributed by atoms with van der Waals surface area (Å²) >= 11 is 0. The number of benzene rings is 1. The van der Waals surface area contributed by atoms with Crippen LogP contribution in [0.4, 0.5) is 0 Å². The van der Waals surface area contributed by atoms with Gasteiger partial charge in [0.15, 0.2) is 6.61 Å². The van der Waals surface area contributed by atoms with E-state index in [4.69, 9.17) is 11.2 Å². The van der Waals surface area contributed by atoms with E-state index in [1.54, 1.807) is 0 Å². The molecule has 1 rings (SSSR count). The van der Waals surface area contributed by atoms with Gasteiger partial charge < -0.3 is 10.1 Å². The van der Waals surface area contributed by atoms with Gasteiger partial charge >= 0.3 is 5.97 Å². The van der Waals surface area contributed by atoms with Gasteiger partial charge in [-0.2, -0.15) is 0 Å². The molecule has 0 heterocycles. The molecule has 1 aromatic rings. The summed E-state index contributed by atoms with van der Waals surface area (Å²) in [5.41, 5.74) is 0.123. The average Bonchev–Trinajstić information content (AvgIpc) is 2.56. The molecule has 23 heavy (non-hydrogen) atoms. The Bertz CT molecular complexity index is 717. The molecule has 0 saturated heterocycles. The number of ether oxygens (including phenoxy) is 1. The SMILES string of the molecule is C#CCNC(=O)COC(=O)c1ccc(S(=O)(=O)NCC=C)cc1. The quantitative estimate of drug-likeness (QED) is 0.397. The Labute approximate surface area is 134 Å². The normalized spacial score (nSPS) is 10.4. The van der Waals surface area contributed by atoms with Crippen molar-refractivity contribution in [1.82, 2.24) is 10.0 Å². The maximum atomic E-state index is 11.8. The van der Waals surface area contributed by atoms with Gasteiger partial charge in [-0.25, -0.2) is 17.9 Å². The van der Waals surface area contributed by atoms with Crippen molar-refractivity contribution in [3.8, 4) is 12.3 Å². The predicted molar refractivity (Wildman–Crippen MR) is 84.0 cm³/mol. The van der Waals surface area contributed by atoms with Crippen molar-refractivity contribution in [2.45, 2.75) is 4.90 Å². The Morgan fingerprint density at radius 1 is 1.30 bits per heavy atom. The Morgan fingerprint density at radius 2 is 1.96 bits per heavy atom. The van der Waals surface area contributed by atoms with Gasteiger partial charge in [-0.15, -0.1) is 13.0 Å². The molecule has 0 aliphatic heterocycles. The second-order valence-electron chi connectivity index (χ2n) is 4.22. The smallest absolute Gasteiger partial charge is 0.338 e. The molecule has 0 aliphatic rings. The highest BCUT2D eigenvalue weighted by molar-refractivity contribution is 7.89. The summed E-state index contributed by atoms with van der Waals surface area (Å²) in [6.45, 7) is 3.08. The third kappa shape index (κ3) is 5.94. The van der Waals surface area contributed by atoms with E-state index >= 15 is 0 Å². The summed E-state index contributed by atoms with van der Waals surface area (Å²) in [5.74, 6) is 0.941. The van der Waals surface area contributed by atoms with Crippen molar-refractivity contribution in [2.75, 3.05) is 19.7 Å². The number of carbonyl (C=O) groups excluding carboxylic acids is 2. The van der Waals surface area contributed by atoms with Crippen molar-refractivity contribution in [1.29, 1.82) is 0 Å². The van der Waals surface area contributed by atoms with Crippen LogP contribution in [0.15, 0.2) is 41.8 Å². The van der Waals surface area contributed by atoms with E-state index in [1.807, 2.05) is 0 Å². The fraction of sp³-hybridized carbons (Fsp3) is 0.200. The van der Waals surface area contributed by atoms with E-state index < -0.39 is 28.5 Å². The average molecular weight is 336 g/mol. The Hall–Kier alpha value is -2.63. The molecule has 0 radical (unpaired) electrons. The molecular formula is C15H16N2O5S. The summed E-state index contributed by atoms with van der Waals surface area (Å²) in [5, 5.41) is 2.34. The lowest BCUT2D eigenvalue weighted by Gasteiger charge is -2.07. The first-order chi connectivity index (χ1) is 10.9. The van der Waals surface area contributed by atoms with Crippen molar-refractivity contribution in [3.05, 3.63) is 42.5 Å². The summed E-state index contributed by atoms with van der Waals surface area (Å²) in [6.07, 6.45) is 6.38. The number of esters is 1. The summed E-state index contributed by atoms with van der Waals surface area (Å²) in [7, 11) is -3.66. The molecular weight excluding hydrogens is 320 g/mol. The van der Waals surface area contributed by atoms with E-state index in [9.17, 15) is 18.0 Å². The molecule has 0 bridgehead atoms. The van der Waals surface area contributed by atoms with E-state index in [2.05, 4.69) is 22.5 Å². The lowest BCUT2D eigenvalue weighted by atomic mass is 10.2. The minimum atomic E-state index is -3.66. The van der Waals surface area contributed by atoms with Gasteiger partial charge in [0, 0.05) is 6.54 Å². The molecule has 0 spiro atoms. The number of rotatable bonds is 8. The van der Waals surface area contributed by atoms with Crippen LogP contribution in [0.25, 0.3) is 0 Å². The highest BCUT2D eigenvalue weighted by Crippen LogP contribution is 2.11. The summed E-state index contributed by atoms with van der Waals surface area (Å²) in [4.78, 5) is 23.0. The zero-order valence-electron chi connectivity index (χ0n) is 12.2. The molecule has 0 saturated carbocycles. The Morgan fingerprint density at radius 3 is 2.52 bits per heavy atom. The molecule has 0 aromatic heterocycles. The Balaban J connectivity index is 2.66. The zero-order chi connectivity index (χ0) is 17.3. The molecule has 2 N–H and O–H groups in total. The Kier molecular flexibility index (Phi) is 6.99. The van der Waals surface area contributed by atoms with Crippen molar-refractivity contribution >= 4 is 21.9 Å². The first kappa shape index (κ1) is 18.4. The number of nitrogens with one attached hydrogen (secondary N) is 2. The van der Waals surface area contributed by atoms with Crippen LogP contribution >= 0.6 is 0 Å². The molecule has 0 unspecified atom stereocenters. The molecule has 0 atom stereocenters. The van der Waals surface area contributed by atoms with E-state index in [0.717, 1.165) is 0 Å². The maximum Gasteiger partial charge on any atom is 0.338 e. The maximum absolute atomic E-state index is 11.8. The van der Waals surface area contributed by atoms with Crippen LogP contribution in [0.1, 0.15) is 10.4 Å². The molecule has 0 aliphatic carbocycles. The molecule has 7 nitrogen and oxygen atoms in total. The summed E-state index contributed by atoms with van der Waals surface area (Å²) in [6, 6.07) is 5.12. The topological polar surface area (TPSA) is 102 Å². The number of hydrogen-bond acceptors (Lipinski definition) is 5. The molecule has 8 heteroatoms.